The number of rotatable bonds is 19. The Morgan fingerprint density at radius 3 is 2.33 bits per heavy atom. The molecule has 0 bridgehead atoms. The van der Waals surface area contributed by atoms with Crippen LogP contribution in [-0.4, -0.2) is 47.7 Å². The molecule has 0 amide bonds. The summed E-state index contributed by atoms with van der Waals surface area (Å²) in [6.45, 7) is 16.2. The third kappa shape index (κ3) is 10.5. The van der Waals surface area contributed by atoms with Crippen molar-refractivity contribution in [2.24, 2.45) is 52.3 Å². The Balaban J connectivity index is 1.02. The van der Waals surface area contributed by atoms with Crippen molar-refractivity contribution in [3.05, 3.63) is 35.9 Å². The zero-order valence-electron chi connectivity index (χ0n) is 33.6. The molecular formula is C45H74O5Si. The van der Waals surface area contributed by atoms with Crippen LogP contribution in [0.25, 0.3) is 6.08 Å². The predicted octanol–water partition coefficient (Wildman–Crippen LogP) is 11.2. The lowest BCUT2D eigenvalue weighted by Gasteiger charge is -2.61. The van der Waals surface area contributed by atoms with Crippen molar-refractivity contribution in [3.63, 3.8) is 0 Å². The molecule has 10 unspecified atom stereocenters. The van der Waals surface area contributed by atoms with Gasteiger partial charge in [-0.25, -0.2) is 4.79 Å². The van der Waals surface area contributed by atoms with Gasteiger partial charge in [0.2, 0.25) is 0 Å². The Hall–Kier alpha value is -1.63. The Labute approximate surface area is 314 Å². The minimum absolute atomic E-state index is 0.279. The summed E-state index contributed by atoms with van der Waals surface area (Å²) in [6.07, 6.45) is 25.2. The average molecular weight is 723 g/mol. The fourth-order valence-electron chi connectivity index (χ4n) is 11.6. The monoisotopic (exact) mass is 723 g/mol. The van der Waals surface area contributed by atoms with E-state index in [1.54, 1.807) is 7.11 Å². The van der Waals surface area contributed by atoms with Gasteiger partial charge in [0.25, 0.3) is 0 Å². The van der Waals surface area contributed by atoms with Crippen molar-refractivity contribution in [3.8, 4) is 5.75 Å². The topological polar surface area (TPSA) is 54.0 Å². The van der Waals surface area contributed by atoms with Crippen LogP contribution in [0.1, 0.15) is 143 Å². The van der Waals surface area contributed by atoms with Gasteiger partial charge in [-0.05, 0) is 160 Å². The molecule has 5 rings (SSSR count). The van der Waals surface area contributed by atoms with Crippen LogP contribution in [0.15, 0.2) is 30.3 Å². The molecule has 0 spiro atoms. The van der Waals surface area contributed by atoms with Crippen LogP contribution in [0.3, 0.4) is 0 Å². The molecule has 4 fully saturated rings. The van der Waals surface area contributed by atoms with E-state index in [-0.39, 0.29) is 5.97 Å². The van der Waals surface area contributed by atoms with Gasteiger partial charge in [-0.1, -0.05) is 72.4 Å². The number of hydrogen-bond acceptors (Lipinski definition) is 5. The third-order valence-corrected chi connectivity index (χ3v) is 16.1. The van der Waals surface area contributed by atoms with Crippen molar-refractivity contribution in [2.75, 3.05) is 26.6 Å². The molecule has 5 nitrogen and oxygen atoms in total. The molecule has 6 heteroatoms. The highest BCUT2D eigenvalue weighted by atomic mass is 28.3. The Morgan fingerprint density at radius 2 is 1.59 bits per heavy atom. The van der Waals surface area contributed by atoms with Gasteiger partial charge in [-0.15, -0.1) is 0 Å². The first kappa shape index (κ1) is 40.5. The average Bonchev–Trinajstić information content (AvgIpc) is 3.47. The van der Waals surface area contributed by atoms with Crippen LogP contribution in [0.5, 0.6) is 5.75 Å². The second-order valence-corrected chi connectivity index (χ2v) is 20.7. The molecule has 0 radical (unpaired) electrons. The lowest BCUT2D eigenvalue weighted by molar-refractivity contribution is -0.137. The number of esters is 1. The highest BCUT2D eigenvalue weighted by molar-refractivity contribution is 6.49. The van der Waals surface area contributed by atoms with E-state index in [1.165, 1.54) is 83.1 Å². The van der Waals surface area contributed by atoms with Crippen molar-refractivity contribution < 1.29 is 23.4 Å². The maximum absolute atomic E-state index is 12.2. The standard InChI is InChI=1S/C45H74O5Si/c1-33(2)13-12-14-34(3)40-22-23-41-39-21-18-36-31-38(25-27-44(36,4)42(39)26-28-45(40,41)5)50-37-19-15-35(16-20-37)17-24-43(46)49-30-11-9-8-10-29-48-32-51(7)47-6/h15-17,19-20,24,33-34,36,38-42,51H,8-14,18,21-23,25-32H2,1-7H3/b24-17+. The van der Waals surface area contributed by atoms with E-state index in [9.17, 15) is 4.79 Å². The molecule has 0 aromatic heterocycles. The highest BCUT2D eigenvalue weighted by Crippen LogP contribution is 2.68. The first-order chi connectivity index (χ1) is 24.5. The SMILES string of the molecule is CO[SiH](C)COCCCCCCOC(=O)/C=C/c1ccc(OC2CCC3(C)C(CCC4C3CCC3(C)C(C(C)CCCC(C)C)CCC43)C2)cc1. The summed E-state index contributed by atoms with van der Waals surface area (Å²) < 4.78 is 23.0. The molecule has 4 aliphatic rings. The molecule has 0 heterocycles. The zero-order valence-corrected chi connectivity index (χ0v) is 34.8. The summed E-state index contributed by atoms with van der Waals surface area (Å²) in [5.74, 6) is 6.92. The van der Waals surface area contributed by atoms with Crippen LogP contribution < -0.4 is 4.74 Å². The van der Waals surface area contributed by atoms with Gasteiger partial charge in [0.15, 0.2) is 9.04 Å². The minimum atomic E-state index is -1.12. The summed E-state index contributed by atoms with van der Waals surface area (Å²) >= 11 is 0. The first-order valence-electron chi connectivity index (χ1n) is 21.3. The van der Waals surface area contributed by atoms with Crippen LogP contribution in [0, 0.1) is 52.3 Å². The fourth-order valence-corrected chi connectivity index (χ4v) is 12.2. The number of fused-ring (bicyclic) bond motifs is 5. The number of carbonyl (C=O) groups excluding carboxylic acids is 1. The molecule has 1 aromatic carbocycles. The van der Waals surface area contributed by atoms with Crippen molar-refractivity contribution >= 4 is 21.1 Å². The molecule has 0 N–H and O–H groups in total. The summed E-state index contributed by atoms with van der Waals surface area (Å²) in [6, 6.07) is 8.24. The summed E-state index contributed by atoms with van der Waals surface area (Å²) in [5, 5.41) is 0. The Bertz CT molecular complexity index is 1230. The second-order valence-electron chi connectivity index (χ2n) is 18.3. The van der Waals surface area contributed by atoms with Crippen molar-refractivity contribution in [1.29, 1.82) is 0 Å². The van der Waals surface area contributed by atoms with Gasteiger partial charge in [-0.3, -0.25) is 0 Å². The smallest absolute Gasteiger partial charge is 0.330 e. The van der Waals surface area contributed by atoms with Crippen LogP contribution in [0.4, 0.5) is 0 Å². The minimum Gasteiger partial charge on any atom is -0.490 e. The maximum Gasteiger partial charge on any atom is 0.330 e. The highest BCUT2D eigenvalue weighted by Gasteiger charge is 2.60. The molecule has 1 aromatic rings. The number of unbranched alkanes of at least 4 members (excludes halogenated alkanes) is 3. The molecule has 10 atom stereocenters. The molecular weight excluding hydrogens is 649 g/mol. The molecule has 4 aliphatic carbocycles. The van der Waals surface area contributed by atoms with Crippen LogP contribution >= 0.6 is 0 Å². The second kappa shape index (κ2) is 19.1. The van der Waals surface area contributed by atoms with E-state index in [1.807, 2.05) is 18.2 Å². The number of hydrogen-bond donors (Lipinski definition) is 0. The van der Waals surface area contributed by atoms with E-state index in [4.69, 9.17) is 18.6 Å². The molecule has 51 heavy (non-hydrogen) atoms. The summed E-state index contributed by atoms with van der Waals surface area (Å²) in [5.41, 5.74) is 2.04. The molecule has 0 saturated heterocycles. The quantitative estimate of drug-likeness (QED) is 0.0616. The normalized spacial score (nSPS) is 33.0. The van der Waals surface area contributed by atoms with Gasteiger partial charge < -0.3 is 18.6 Å². The van der Waals surface area contributed by atoms with Gasteiger partial charge in [0.05, 0.1) is 18.9 Å². The molecule has 4 saturated carbocycles. The van der Waals surface area contributed by atoms with E-state index in [0.29, 0.717) is 23.5 Å². The van der Waals surface area contributed by atoms with Gasteiger partial charge in [-0.2, -0.15) is 0 Å². The first-order valence-corrected chi connectivity index (χ1v) is 23.7. The van der Waals surface area contributed by atoms with E-state index in [0.717, 1.165) is 91.3 Å². The van der Waals surface area contributed by atoms with Crippen LogP contribution in [0.2, 0.25) is 6.55 Å². The van der Waals surface area contributed by atoms with E-state index < -0.39 is 9.04 Å². The van der Waals surface area contributed by atoms with Gasteiger partial charge >= 0.3 is 5.97 Å². The lowest BCUT2D eigenvalue weighted by atomic mass is 9.44. The number of benzene rings is 1. The van der Waals surface area contributed by atoms with Gasteiger partial charge in [0, 0.05) is 19.8 Å². The van der Waals surface area contributed by atoms with Crippen molar-refractivity contribution in [2.45, 2.75) is 150 Å². The van der Waals surface area contributed by atoms with Crippen LogP contribution in [-0.2, 0) is 18.7 Å². The third-order valence-electron chi connectivity index (χ3n) is 14.6. The summed E-state index contributed by atoms with van der Waals surface area (Å²) in [4.78, 5) is 12.2. The maximum atomic E-state index is 12.2. The van der Waals surface area contributed by atoms with Crippen molar-refractivity contribution in [1.82, 2.24) is 0 Å². The Kier molecular flexibility index (Phi) is 15.2. The Morgan fingerprint density at radius 1 is 0.863 bits per heavy atom. The molecule has 288 valence electrons. The summed E-state index contributed by atoms with van der Waals surface area (Å²) in [7, 11) is 0.645. The zero-order chi connectivity index (χ0) is 36.4. The van der Waals surface area contributed by atoms with E-state index in [2.05, 4.69) is 53.3 Å². The molecule has 0 aliphatic heterocycles. The largest absolute Gasteiger partial charge is 0.490 e. The van der Waals surface area contributed by atoms with Gasteiger partial charge in [0.1, 0.15) is 5.75 Å². The number of ether oxygens (including phenoxy) is 3. The number of carbonyl (C=O) groups is 1. The van der Waals surface area contributed by atoms with E-state index >= 15 is 0 Å². The lowest BCUT2D eigenvalue weighted by Crippen LogP contribution is -2.54. The fraction of sp³-hybridized carbons (Fsp3) is 0.800. The predicted molar refractivity (Wildman–Crippen MR) is 213 cm³/mol.